The quantitative estimate of drug-likeness (QED) is 0.850. The fourth-order valence-electron chi connectivity index (χ4n) is 2.10. The molecule has 1 aliphatic rings. The molecule has 0 radical (unpaired) electrons. The first kappa shape index (κ1) is 13.8. The van der Waals surface area contributed by atoms with Gasteiger partial charge in [-0.1, -0.05) is 6.07 Å². The number of rotatable bonds is 6. The van der Waals surface area contributed by atoms with Crippen LogP contribution in [0.3, 0.4) is 0 Å². The van der Waals surface area contributed by atoms with Gasteiger partial charge >= 0.3 is 5.97 Å². The zero-order valence-corrected chi connectivity index (χ0v) is 11.9. The van der Waals surface area contributed by atoms with Gasteiger partial charge in [0.2, 0.25) is 11.8 Å². The van der Waals surface area contributed by atoms with Crippen LogP contribution in [0.4, 0.5) is 0 Å². The van der Waals surface area contributed by atoms with Crippen molar-refractivity contribution in [3.8, 4) is 10.8 Å². The Balaban J connectivity index is 1.61. The standard InChI is InChI=1S/C14H14N2O4S/c17-11(16-12(14(18)19)8-3-4-8)6-9-7-20-13(15-9)10-2-1-5-21-10/h1-2,5,7-8,12H,3-4,6H2,(H,16,17)(H,18,19). The maximum Gasteiger partial charge on any atom is 0.326 e. The Morgan fingerprint density at radius 2 is 2.33 bits per heavy atom. The Labute approximate surface area is 124 Å². The number of aromatic nitrogens is 1. The van der Waals surface area contributed by atoms with E-state index in [1.54, 1.807) is 0 Å². The van der Waals surface area contributed by atoms with E-state index >= 15 is 0 Å². The van der Waals surface area contributed by atoms with E-state index in [1.165, 1.54) is 17.6 Å². The second-order valence-electron chi connectivity index (χ2n) is 5.02. The average molecular weight is 306 g/mol. The van der Waals surface area contributed by atoms with Gasteiger partial charge in [0.15, 0.2) is 0 Å². The fraction of sp³-hybridized carbons (Fsp3) is 0.357. The molecular weight excluding hydrogens is 292 g/mol. The molecule has 0 aromatic carbocycles. The Bertz CT molecular complexity index is 646. The van der Waals surface area contributed by atoms with Gasteiger partial charge in [0, 0.05) is 0 Å². The number of carboxylic acids is 1. The Morgan fingerprint density at radius 1 is 1.52 bits per heavy atom. The second kappa shape index (κ2) is 5.69. The number of carbonyl (C=O) groups excluding carboxylic acids is 1. The van der Waals surface area contributed by atoms with Crippen LogP contribution in [-0.2, 0) is 16.0 Å². The lowest BCUT2D eigenvalue weighted by atomic mass is 10.2. The number of nitrogens with one attached hydrogen (secondary N) is 1. The van der Waals surface area contributed by atoms with Gasteiger partial charge in [-0.25, -0.2) is 9.78 Å². The van der Waals surface area contributed by atoms with Crippen LogP contribution in [-0.4, -0.2) is 28.0 Å². The molecule has 2 aromatic rings. The number of carbonyl (C=O) groups is 2. The highest BCUT2D eigenvalue weighted by Crippen LogP contribution is 2.32. The highest BCUT2D eigenvalue weighted by atomic mass is 32.1. The third kappa shape index (κ3) is 3.30. The summed E-state index contributed by atoms with van der Waals surface area (Å²) in [7, 11) is 0. The first-order valence-electron chi connectivity index (χ1n) is 6.64. The normalized spacial score (nSPS) is 15.6. The van der Waals surface area contributed by atoms with Crippen LogP contribution in [0, 0.1) is 5.92 Å². The predicted octanol–water partition coefficient (Wildman–Crippen LogP) is 1.93. The smallest absolute Gasteiger partial charge is 0.326 e. The molecule has 1 saturated carbocycles. The van der Waals surface area contributed by atoms with E-state index in [-0.39, 0.29) is 18.2 Å². The van der Waals surface area contributed by atoms with Gasteiger partial charge in [-0.3, -0.25) is 4.79 Å². The molecule has 2 heterocycles. The summed E-state index contributed by atoms with van der Waals surface area (Å²) in [6.07, 6.45) is 3.15. The van der Waals surface area contributed by atoms with Crippen LogP contribution in [0.1, 0.15) is 18.5 Å². The molecule has 3 rings (SSSR count). The highest BCUT2D eigenvalue weighted by molar-refractivity contribution is 7.13. The van der Waals surface area contributed by atoms with Crippen LogP contribution in [0.15, 0.2) is 28.2 Å². The molecule has 0 bridgehead atoms. The summed E-state index contributed by atoms with van der Waals surface area (Å²) in [6.45, 7) is 0. The molecule has 1 aliphatic carbocycles. The zero-order chi connectivity index (χ0) is 14.8. The van der Waals surface area contributed by atoms with Gasteiger partial charge in [-0.05, 0) is 30.2 Å². The van der Waals surface area contributed by atoms with Crippen molar-refractivity contribution in [1.82, 2.24) is 10.3 Å². The van der Waals surface area contributed by atoms with Gasteiger partial charge in [0.1, 0.15) is 12.3 Å². The highest BCUT2D eigenvalue weighted by Gasteiger charge is 2.37. The summed E-state index contributed by atoms with van der Waals surface area (Å²) in [6, 6.07) is 2.98. The number of thiophene rings is 1. The van der Waals surface area contributed by atoms with E-state index in [2.05, 4.69) is 10.3 Å². The van der Waals surface area contributed by atoms with Gasteiger partial charge in [0.25, 0.3) is 0 Å². The molecule has 2 aromatic heterocycles. The minimum Gasteiger partial charge on any atom is -0.480 e. The summed E-state index contributed by atoms with van der Waals surface area (Å²) in [5.41, 5.74) is 0.496. The fourth-order valence-corrected chi connectivity index (χ4v) is 2.76. The van der Waals surface area contributed by atoms with Crippen LogP contribution in [0.5, 0.6) is 0 Å². The third-order valence-electron chi connectivity index (χ3n) is 3.30. The van der Waals surface area contributed by atoms with Crippen LogP contribution >= 0.6 is 11.3 Å². The summed E-state index contributed by atoms with van der Waals surface area (Å²) in [4.78, 5) is 28.1. The van der Waals surface area contributed by atoms with Crippen molar-refractivity contribution < 1.29 is 19.1 Å². The van der Waals surface area contributed by atoms with Crippen molar-refractivity contribution in [2.24, 2.45) is 5.92 Å². The predicted molar refractivity (Wildman–Crippen MR) is 75.8 cm³/mol. The minimum atomic E-state index is -0.981. The Morgan fingerprint density at radius 3 is 2.95 bits per heavy atom. The van der Waals surface area contributed by atoms with Crippen molar-refractivity contribution in [2.45, 2.75) is 25.3 Å². The van der Waals surface area contributed by atoms with E-state index < -0.39 is 12.0 Å². The van der Waals surface area contributed by atoms with Crippen LogP contribution < -0.4 is 5.32 Å². The lowest BCUT2D eigenvalue weighted by Gasteiger charge is -2.12. The molecule has 1 amide bonds. The number of carboxylic acid groups (broad SMARTS) is 1. The Hall–Kier alpha value is -2.15. The molecule has 0 aliphatic heterocycles. The topological polar surface area (TPSA) is 92.4 Å². The maximum absolute atomic E-state index is 11.9. The van der Waals surface area contributed by atoms with E-state index in [4.69, 9.17) is 9.52 Å². The molecule has 1 unspecified atom stereocenters. The van der Waals surface area contributed by atoms with Crippen molar-refractivity contribution in [3.05, 3.63) is 29.5 Å². The molecular formula is C14H14N2O4S. The average Bonchev–Trinajstić information content (AvgIpc) is 2.94. The summed E-state index contributed by atoms with van der Waals surface area (Å²) in [5.74, 6) is -0.791. The van der Waals surface area contributed by atoms with Crippen molar-refractivity contribution >= 4 is 23.2 Å². The number of oxazole rings is 1. The maximum atomic E-state index is 11.9. The molecule has 2 N–H and O–H groups in total. The number of aliphatic carboxylic acids is 1. The number of hydrogen-bond acceptors (Lipinski definition) is 5. The van der Waals surface area contributed by atoms with Crippen LogP contribution in [0.25, 0.3) is 10.8 Å². The van der Waals surface area contributed by atoms with Crippen molar-refractivity contribution in [3.63, 3.8) is 0 Å². The van der Waals surface area contributed by atoms with E-state index in [0.717, 1.165) is 17.7 Å². The molecule has 7 heteroatoms. The SMILES string of the molecule is O=C(Cc1coc(-c2cccs2)n1)NC(C(=O)O)C1CC1. The molecule has 6 nitrogen and oxygen atoms in total. The Kier molecular flexibility index (Phi) is 3.74. The lowest BCUT2D eigenvalue weighted by Crippen LogP contribution is -2.43. The molecule has 110 valence electrons. The van der Waals surface area contributed by atoms with Crippen molar-refractivity contribution in [1.29, 1.82) is 0 Å². The third-order valence-corrected chi connectivity index (χ3v) is 4.16. The lowest BCUT2D eigenvalue weighted by molar-refractivity contribution is -0.142. The second-order valence-corrected chi connectivity index (χ2v) is 5.97. The monoisotopic (exact) mass is 306 g/mol. The molecule has 21 heavy (non-hydrogen) atoms. The summed E-state index contributed by atoms with van der Waals surface area (Å²) in [5, 5.41) is 13.5. The van der Waals surface area contributed by atoms with Gasteiger partial charge in [0.05, 0.1) is 17.0 Å². The first-order chi connectivity index (χ1) is 10.1. The largest absolute Gasteiger partial charge is 0.480 e. The molecule has 1 atom stereocenters. The van der Waals surface area contributed by atoms with Gasteiger partial charge in [-0.15, -0.1) is 11.3 Å². The van der Waals surface area contributed by atoms with E-state index in [1.807, 2.05) is 17.5 Å². The molecule has 0 spiro atoms. The first-order valence-corrected chi connectivity index (χ1v) is 7.52. The van der Waals surface area contributed by atoms with Crippen LogP contribution in [0.2, 0.25) is 0 Å². The minimum absolute atomic E-state index is 0.0192. The number of amides is 1. The van der Waals surface area contributed by atoms with Gasteiger partial charge < -0.3 is 14.8 Å². The zero-order valence-electron chi connectivity index (χ0n) is 11.1. The summed E-state index contributed by atoms with van der Waals surface area (Å²) < 4.78 is 5.33. The number of hydrogen-bond donors (Lipinski definition) is 2. The van der Waals surface area contributed by atoms with E-state index in [9.17, 15) is 9.59 Å². The van der Waals surface area contributed by atoms with Gasteiger partial charge in [-0.2, -0.15) is 0 Å². The van der Waals surface area contributed by atoms with Crippen molar-refractivity contribution in [2.75, 3.05) is 0 Å². The summed E-state index contributed by atoms with van der Waals surface area (Å²) >= 11 is 1.50. The molecule has 0 saturated heterocycles. The van der Waals surface area contributed by atoms with E-state index in [0.29, 0.717) is 11.6 Å². The number of nitrogens with zero attached hydrogens (tertiary/aromatic N) is 1. The molecule has 1 fully saturated rings.